The summed E-state index contributed by atoms with van der Waals surface area (Å²) < 4.78 is 7.88. The number of amides is 2. The van der Waals surface area contributed by atoms with Crippen LogP contribution in [0.15, 0.2) is 33.9 Å². The summed E-state index contributed by atoms with van der Waals surface area (Å²) in [6.45, 7) is 4.90. The zero-order valence-electron chi connectivity index (χ0n) is 22.6. The summed E-state index contributed by atoms with van der Waals surface area (Å²) >= 11 is 0. The molecular weight excluding hydrogens is 524 g/mol. The van der Waals surface area contributed by atoms with Gasteiger partial charge >= 0.3 is 11.7 Å². The number of aromatic nitrogens is 4. The van der Waals surface area contributed by atoms with Crippen molar-refractivity contribution in [2.75, 3.05) is 32.8 Å². The maximum absolute atomic E-state index is 12.7. The van der Waals surface area contributed by atoms with Crippen LogP contribution in [-0.4, -0.2) is 74.8 Å². The maximum Gasteiger partial charge on any atom is 0.341 e. The molecule has 0 saturated carbocycles. The molecule has 2 aromatic heterocycles. The number of nitrogens with one attached hydrogen (secondary N) is 3. The number of imidazole rings is 1. The molecule has 0 bridgehead atoms. The van der Waals surface area contributed by atoms with Gasteiger partial charge in [0, 0.05) is 31.7 Å². The number of nitrogens with zero attached hydrogens (tertiary/aromatic N) is 3. The Balaban J connectivity index is 0.000000395. The van der Waals surface area contributed by atoms with E-state index in [1.807, 2.05) is 13.8 Å². The second kappa shape index (κ2) is 15.8. The number of ether oxygens (including phenoxy) is 1. The van der Waals surface area contributed by atoms with Crippen LogP contribution < -0.4 is 38.1 Å². The van der Waals surface area contributed by atoms with Gasteiger partial charge in [0.15, 0.2) is 12.3 Å². The van der Waals surface area contributed by atoms with Crippen LogP contribution in [0.3, 0.4) is 0 Å². The molecule has 3 aromatic rings. The van der Waals surface area contributed by atoms with E-state index in [1.165, 1.54) is 9.13 Å². The fourth-order valence-corrected chi connectivity index (χ4v) is 3.53. The number of benzene rings is 1. The fourth-order valence-electron chi connectivity index (χ4n) is 3.53. The number of carbonyl (C=O) groups is 3. The first-order valence-corrected chi connectivity index (χ1v) is 12.8. The van der Waals surface area contributed by atoms with Crippen molar-refractivity contribution in [1.82, 2.24) is 29.7 Å². The van der Waals surface area contributed by atoms with Crippen LogP contribution in [0, 0.1) is 0 Å². The van der Waals surface area contributed by atoms with E-state index < -0.39 is 12.6 Å². The third-order valence-electron chi connectivity index (χ3n) is 5.34. The second-order valence-corrected chi connectivity index (χ2v) is 8.50. The molecule has 0 radical (unpaired) electrons. The highest BCUT2D eigenvalue weighted by Gasteiger charge is 2.17. The number of carboxylic acid groups (broad SMARTS) is 1. The first kappa shape index (κ1) is 31.7. The third kappa shape index (κ3) is 8.78. The van der Waals surface area contributed by atoms with Crippen LogP contribution in [0.4, 0.5) is 0 Å². The van der Waals surface area contributed by atoms with Crippen molar-refractivity contribution in [2.24, 2.45) is 11.5 Å². The molecule has 218 valence electrons. The average Bonchev–Trinajstić information content (AvgIpc) is 3.40. The van der Waals surface area contributed by atoms with Crippen LogP contribution in [-0.2, 0) is 27.5 Å². The molecule has 0 aliphatic rings. The third-order valence-corrected chi connectivity index (χ3v) is 5.34. The molecule has 0 spiro atoms. The van der Waals surface area contributed by atoms with Crippen LogP contribution in [0.2, 0.25) is 0 Å². The molecule has 0 unspecified atom stereocenters. The summed E-state index contributed by atoms with van der Waals surface area (Å²) in [6, 6.07) is 6.67. The Morgan fingerprint density at radius 2 is 1.65 bits per heavy atom. The number of fused-ring (bicyclic) bond motifs is 1. The number of carboxylic acids is 1. The Bertz CT molecular complexity index is 1410. The molecule has 15 nitrogen and oxygen atoms in total. The average molecular weight is 561 g/mol. The van der Waals surface area contributed by atoms with E-state index >= 15 is 0 Å². The Hall–Kier alpha value is -4.50. The number of nitrogens with two attached hydrogens (primary N) is 2. The minimum absolute atomic E-state index is 0.0456. The number of rotatable bonds is 13. The Morgan fingerprint density at radius 1 is 1.00 bits per heavy atom. The molecule has 0 atom stereocenters. The zero-order chi connectivity index (χ0) is 29.7. The molecule has 40 heavy (non-hydrogen) atoms. The van der Waals surface area contributed by atoms with Gasteiger partial charge in [-0.25, -0.2) is 14.6 Å². The van der Waals surface area contributed by atoms with Crippen molar-refractivity contribution < 1.29 is 24.2 Å². The first-order valence-electron chi connectivity index (χ1n) is 12.8. The summed E-state index contributed by atoms with van der Waals surface area (Å²) in [7, 11) is 0. The van der Waals surface area contributed by atoms with Crippen molar-refractivity contribution in [2.45, 2.75) is 39.8 Å². The monoisotopic (exact) mass is 560 g/mol. The van der Waals surface area contributed by atoms with Crippen LogP contribution in [0.1, 0.15) is 26.7 Å². The van der Waals surface area contributed by atoms with E-state index in [9.17, 15) is 24.0 Å². The lowest BCUT2D eigenvalue weighted by molar-refractivity contribution is -0.139. The molecule has 8 N–H and O–H groups in total. The highest BCUT2D eigenvalue weighted by atomic mass is 16.5. The van der Waals surface area contributed by atoms with Gasteiger partial charge in [0.05, 0.1) is 13.1 Å². The second-order valence-electron chi connectivity index (χ2n) is 8.50. The van der Waals surface area contributed by atoms with Crippen LogP contribution >= 0.6 is 0 Å². The first-order chi connectivity index (χ1) is 19.2. The molecule has 3 rings (SSSR count). The minimum Gasteiger partial charge on any atom is -0.482 e. The van der Waals surface area contributed by atoms with Gasteiger partial charge in [-0.2, -0.15) is 0 Å². The van der Waals surface area contributed by atoms with Gasteiger partial charge in [-0.1, -0.05) is 13.8 Å². The number of aliphatic carboxylic acids is 1. The normalized spacial score (nSPS) is 10.5. The van der Waals surface area contributed by atoms with Gasteiger partial charge in [-0.05, 0) is 37.1 Å². The molecule has 15 heteroatoms. The summed E-state index contributed by atoms with van der Waals surface area (Å²) in [5.74, 6) is -0.801. The van der Waals surface area contributed by atoms with Gasteiger partial charge in [0.25, 0.3) is 5.56 Å². The molecule has 2 heterocycles. The molecule has 2 amide bonds. The van der Waals surface area contributed by atoms with Gasteiger partial charge < -0.3 is 36.9 Å². The number of carbonyl (C=O) groups excluding carboxylic acids is 2. The van der Waals surface area contributed by atoms with Crippen LogP contribution in [0.5, 0.6) is 5.75 Å². The van der Waals surface area contributed by atoms with E-state index in [0.29, 0.717) is 60.9 Å². The van der Waals surface area contributed by atoms with Gasteiger partial charge in [-0.3, -0.25) is 23.5 Å². The van der Waals surface area contributed by atoms with E-state index in [1.54, 1.807) is 24.3 Å². The van der Waals surface area contributed by atoms with Crippen molar-refractivity contribution in [3.8, 4) is 17.1 Å². The molecule has 0 fully saturated rings. The van der Waals surface area contributed by atoms with E-state index in [2.05, 4.69) is 20.6 Å². The lowest BCUT2D eigenvalue weighted by Crippen LogP contribution is -2.40. The highest BCUT2D eigenvalue weighted by Crippen LogP contribution is 2.21. The van der Waals surface area contributed by atoms with Crippen molar-refractivity contribution in [1.29, 1.82) is 0 Å². The van der Waals surface area contributed by atoms with Crippen LogP contribution in [0.25, 0.3) is 22.6 Å². The Kier molecular flexibility index (Phi) is 12.5. The van der Waals surface area contributed by atoms with Gasteiger partial charge in [0.2, 0.25) is 11.8 Å². The lowest BCUT2D eigenvalue weighted by Gasteiger charge is -2.09. The van der Waals surface area contributed by atoms with Crippen molar-refractivity contribution in [3.63, 3.8) is 0 Å². The van der Waals surface area contributed by atoms with E-state index in [0.717, 1.165) is 6.42 Å². The topological polar surface area (TPSA) is 229 Å². The fraction of sp³-hybridized carbons (Fsp3) is 0.440. The smallest absolute Gasteiger partial charge is 0.341 e. The quantitative estimate of drug-likeness (QED) is 0.149. The SMILES string of the molecule is CCCn1c(=O)c2[nH]c(-c3ccc(OCC(=O)O)cc3)nc2n(CCC)c1=O.NCCNC(=O)CNC(=O)CN. The summed E-state index contributed by atoms with van der Waals surface area (Å²) in [5, 5.41) is 13.5. The Morgan fingerprint density at radius 3 is 2.23 bits per heavy atom. The van der Waals surface area contributed by atoms with Crippen molar-refractivity contribution in [3.05, 3.63) is 45.1 Å². The summed E-state index contributed by atoms with van der Waals surface area (Å²) in [6.07, 6.45) is 1.41. The lowest BCUT2D eigenvalue weighted by atomic mass is 10.2. The Labute approximate surface area is 229 Å². The highest BCUT2D eigenvalue weighted by molar-refractivity contribution is 5.85. The molecule has 0 aliphatic carbocycles. The van der Waals surface area contributed by atoms with E-state index in [4.69, 9.17) is 21.3 Å². The number of hydrogen-bond donors (Lipinski definition) is 6. The van der Waals surface area contributed by atoms with E-state index in [-0.39, 0.29) is 36.2 Å². The van der Waals surface area contributed by atoms with Gasteiger partial charge in [-0.15, -0.1) is 0 Å². The number of hydrogen-bond acceptors (Lipinski definition) is 9. The van der Waals surface area contributed by atoms with Gasteiger partial charge in [0.1, 0.15) is 17.1 Å². The minimum atomic E-state index is -1.06. The predicted octanol–water partition coefficient (Wildman–Crippen LogP) is -1.03. The summed E-state index contributed by atoms with van der Waals surface area (Å²) in [4.78, 5) is 64.9. The number of aromatic amines is 1. The number of aryl methyl sites for hydroxylation is 1. The zero-order valence-corrected chi connectivity index (χ0v) is 22.6. The molecular formula is C25H36N8O7. The molecule has 0 saturated heterocycles. The molecule has 0 aliphatic heterocycles. The maximum atomic E-state index is 12.7. The largest absolute Gasteiger partial charge is 0.482 e. The predicted molar refractivity (Wildman–Crippen MR) is 148 cm³/mol. The van der Waals surface area contributed by atoms with Crippen molar-refractivity contribution >= 4 is 28.9 Å². The number of H-pyrrole nitrogens is 1. The standard InChI is InChI=1S/C19H22N4O5.C6H14N4O2/c1-3-9-22-17-15(18(26)23(10-4-2)19(22)27)20-16(21-17)12-5-7-13(8-6-12)28-11-14(24)25;7-1-2-9-6(12)4-10-5(11)3-8/h5-8H,3-4,9-11H2,1-2H3,(H,20,21)(H,24,25);1-4,7-8H2,(H,9,12)(H,10,11). The summed E-state index contributed by atoms with van der Waals surface area (Å²) in [5.41, 5.74) is 10.7. The molecule has 1 aromatic carbocycles.